The van der Waals surface area contributed by atoms with Crippen LogP contribution in [-0.4, -0.2) is 42.7 Å². The zero-order valence-corrected chi connectivity index (χ0v) is 8.34. The van der Waals surface area contributed by atoms with Crippen LogP contribution in [0.1, 0.15) is 20.8 Å². The first-order valence-electron chi connectivity index (χ1n) is 4.68. The predicted octanol–water partition coefficient (Wildman–Crippen LogP) is 1.75. The van der Waals surface area contributed by atoms with E-state index in [1.54, 1.807) is 0 Å². The van der Waals surface area contributed by atoms with Crippen LogP contribution in [0.15, 0.2) is 0 Å². The number of rotatable bonds is 2. The number of morpholine rings is 1. The van der Waals surface area contributed by atoms with Gasteiger partial charge in [-0.15, -0.1) is 0 Å². The molecule has 0 unspecified atom stereocenters. The van der Waals surface area contributed by atoms with Gasteiger partial charge in [0, 0.05) is 19.1 Å². The number of hydrogen-bond donors (Lipinski definition) is 0. The molecule has 0 bridgehead atoms. The van der Waals surface area contributed by atoms with Crippen molar-refractivity contribution in [2.24, 2.45) is 0 Å². The largest absolute Gasteiger partial charge is 0.367 e. The van der Waals surface area contributed by atoms with E-state index in [4.69, 9.17) is 4.74 Å². The molecule has 2 atom stereocenters. The third-order valence-electron chi connectivity index (χ3n) is 2.32. The molecule has 1 aliphatic heterocycles. The van der Waals surface area contributed by atoms with Crippen LogP contribution in [0.2, 0.25) is 0 Å². The molecule has 2 nitrogen and oxygen atoms in total. The zero-order valence-electron chi connectivity index (χ0n) is 8.34. The van der Waals surface area contributed by atoms with E-state index in [1.165, 1.54) is 0 Å². The van der Waals surface area contributed by atoms with E-state index in [-0.39, 0.29) is 6.10 Å². The summed E-state index contributed by atoms with van der Waals surface area (Å²) in [4.78, 5) is 2.03. The van der Waals surface area contributed by atoms with Crippen molar-refractivity contribution in [3.8, 4) is 0 Å². The molecular formula is C9H17F2NO. The Morgan fingerprint density at radius 2 is 1.92 bits per heavy atom. The zero-order chi connectivity index (χ0) is 10.0. The van der Waals surface area contributed by atoms with Crippen LogP contribution >= 0.6 is 0 Å². The van der Waals surface area contributed by atoms with Gasteiger partial charge in [-0.1, -0.05) is 0 Å². The summed E-state index contributed by atoms with van der Waals surface area (Å²) in [5.74, 6) is 0. The summed E-state index contributed by atoms with van der Waals surface area (Å²) in [5.41, 5.74) is 0. The Morgan fingerprint density at radius 3 is 2.38 bits per heavy atom. The fourth-order valence-electron chi connectivity index (χ4n) is 1.58. The van der Waals surface area contributed by atoms with Crippen LogP contribution in [0, 0.1) is 0 Å². The third kappa shape index (κ3) is 2.88. The number of hydrogen-bond acceptors (Lipinski definition) is 2. The van der Waals surface area contributed by atoms with Gasteiger partial charge >= 0.3 is 0 Å². The highest BCUT2D eigenvalue weighted by Gasteiger charge is 2.32. The summed E-state index contributed by atoms with van der Waals surface area (Å²) in [6.07, 6.45) is -3.37. The molecule has 0 spiro atoms. The van der Waals surface area contributed by atoms with Crippen LogP contribution in [-0.2, 0) is 4.74 Å². The summed E-state index contributed by atoms with van der Waals surface area (Å²) in [6.45, 7) is 6.96. The van der Waals surface area contributed by atoms with Crippen molar-refractivity contribution in [2.75, 3.05) is 13.1 Å². The fourth-order valence-corrected chi connectivity index (χ4v) is 1.58. The van der Waals surface area contributed by atoms with E-state index in [2.05, 4.69) is 0 Å². The molecule has 0 saturated carbocycles. The Balaban J connectivity index is 2.52. The Kier molecular flexibility index (Phi) is 3.62. The molecule has 1 aliphatic rings. The Morgan fingerprint density at radius 1 is 1.31 bits per heavy atom. The van der Waals surface area contributed by atoms with Gasteiger partial charge in [-0.25, -0.2) is 8.78 Å². The highest BCUT2D eigenvalue weighted by atomic mass is 19.3. The van der Waals surface area contributed by atoms with Crippen molar-refractivity contribution in [3.05, 3.63) is 0 Å². The summed E-state index contributed by atoms with van der Waals surface area (Å²) in [6, 6.07) is 0.313. The molecule has 13 heavy (non-hydrogen) atoms. The van der Waals surface area contributed by atoms with Gasteiger partial charge in [-0.2, -0.15) is 0 Å². The summed E-state index contributed by atoms with van der Waals surface area (Å²) < 4.78 is 29.9. The Labute approximate surface area is 77.9 Å². The maximum absolute atomic E-state index is 12.4. The first kappa shape index (κ1) is 10.9. The van der Waals surface area contributed by atoms with Crippen LogP contribution in [0.3, 0.4) is 0 Å². The van der Waals surface area contributed by atoms with Crippen molar-refractivity contribution >= 4 is 0 Å². The number of halogens is 2. The molecule has 0 N–H and O–H groups in total. The topological polar surface area (TPSA) is 12.5 Å². The lowest BCUT2D eigenvalue weighted by Crippen LogP contribution is -2.51. The second-order valence-electron chi connectivity index (χ2n) is 3.87. The van der Waals surface area contributed by atoms with E-state index in [9.17, 15) is 8.78 Å². The smallest absolute Gasteiger partial charge is 0.265 e. The molecule has 1 fully saturated rings. The van der Waals surface area contributed by atoms with E-state index in [0.717, 1.165) is 6.54 Å². The third-order valence-corrected chi connectivity index (χ3v) is 2.32. The second kappa shape index (κ2) is 4.33. The van der Waals surface area contributed by atoms with Crippen LogP contribution in [0.5, 0.6) is 0 Å². The highest BCUT2D eigenvalue weighted by molar-refractivity contribution is 4.79. The molecule has 4 heteroatoms. The number of alkyl halides is 2. The SMILES string of the molecule is CC(C)N1C[C@H](C)O[C@@H](C(F)F)C1. The second-order valence-corrected chi connectivity index (χ2v) is 3.87. The van der Waals surface area contributed by atoms with Gasteiger partial charge < -0.3 is 4.74 Å². The first-order valence-corrected chi connectivity index (χ1v) is 4.68. The maximum atomic E-state index is 12.4. The Bertz CT molecular complexity index is 148. The maximum Gasteiger partial charge on any atom is 0.265 e. The van der Waals surface area contributed by atoms with Gasteiger partial charge in [0.1, 0.15) is 6.10 Å². The highest BCUT2D eigenvalue weighted by Crippen LogP contribution is 2.18. The molecule has 0 radical (unpaired) electrons. The molecule has 0 aromatic rings. The van der Waals surface area contributed by atoms with Crippen molar-refractivity contribution in [1.29, 1.82) is 0 Å². The quantitative estimate of drug-likeness (QED) is 0.662. The van der Waals surface area contributed by atoms with Gasteiger partial charge in [0.15, 0.2) is 0 Å². The molecule has 1 rings (SSSR count). The van der Waals surface area contributed by atoms with E-state index in [0.29, 0.717) is 12.6 Å². The predicted molar refractivity (Wildman–Crippen MR) is 47.0 cm³/mol. The molecular weight excluding hydrogens is 176 g/mol. The van der Waals surface area contributed by atoms with Crippen molar-refractivity contribution in [2.45, 2.75) is 45.4 Å². The van der Waals surface area contributed by atoms with E-state index < -0.39 is 12.5 Å². The van der Waals surface area contributed by atoms with Gasteiger partial charge in [0.2, 0.25) is 0 Å². The molecule has 0 amide bonds. The normalized spacial score (nSPS) is 31.6. The molecule has 1 saturated heterocycles. The van der Waals surface area contributed by atoms with Gasteiger partial charge in [-0.05, 0) is 20.8 Å². The van der Waals surface area contributed by atoms with Crippen LogP contribution < -0.4 is 0 Å². The van der Waals surface area contributed by atoms with Crippen molar-refractivity contribution in [3.63, 3.8) is 0 Å². The van der Waals surface area contributed by atoms with Gasteiger partial charge in [0.05, 0.1) is 6.10 Å². The van der Waals surface area contributed by atoms with Crippen LogP contribution in [0.25, 0.3) is 0 Å². The first-order chi connectivity index (χ1) is 6.00. The average molecular weight is 193 g/mol. The average Bonchev–Trinajstić information content (AvgIpc) is 2.03. The van der Waals surface area contributed by atoms with Gasteiger partial charge in [-0.3, -0.25) is 4.90 Å². The minimum absolute atomic E-state index is 0.0878. The fraction of sp³-hybridized carbons (Fsp3) is 1.00. The molecule has 0 aromatic heterocycles. The summed E-state index contributed by atoms with van der Waals surface area (Å²) in [5, 5.41) is 0. The standard InChI is InChI=1S/C9H17F2NO/c1-6(2)12-4-7(3)13-8(5-12)9(10)11/h6-9H,4-5H2,1-3H3/t7-,8+/m0/s1. The molecule has 78 valence electrons. The molecule has 1 heterocycles. The molecule has 0 aliphatic carbocycles. The Hall–Kier alpha value is -0.220. The number of ether oxygens (including phenoxy) is 1. The van der Waals surface area contributed by atoms with Crippen LogP contribution in [0.4, 0.5) is 8.78 Å². The van der Waals surface area contributed by atoms with E-state index >= 15 is 0 Å². The lowest BCUT2D eigenvalue weighted by atomic mass is 10.2. The lowest BCUT2D eigenvalue weighted by Gasteiger charge is -2.38. The molecule has 0 aromatic carbocycles. The minimum atomic E-state index is -2.37. The monoisotopic (exact) mass is 193 g/mol. The van der Waals surface area contributed by atoms with Crippen molar-refractivity contribution < 1.29 is 13.5 Å². The summed E-state index contributed by atoms with van der Waals surface area (Å²) in [7, 11) is 0. The van der Waals surface area contributed by atoms with Crippen molar-refractivity contribution in [1.82, 2.24) is 4.90 Å². The van der Waals surface area contributed by atoms with E-state index in [1.807, 2.05) is 25.7 Å². The summed E-state index contributed by atoms with van der Waals surface area (Å²) >= 11 is 0. The number of nitrogens with zero attached hydrogens (tertiary/aromatic N) is 1. The lowest BCUT2D eigenvalue weighted by molar-refractivity contribution is -0.140. The minimum Gasteiger partial charge on any atom is -0.367 e. The van der Waals surface area contributed by atoms with Gasteiger partial charge in [0.25, 0.3) is 6.43 Å².